The maximum Gasteiger partial charge on any atom is 0.416 e. The molecule has 0 spiro atoms. The molecule has 282 valence electrons. The van der Waals surface area contributed by atoms with Crippen LogP contribution in [0.4, 0.5) is 37.7 Å². The van der Waals surface area contributed by atoms with Gasteiger partial charge in [-0.15, -0.1) is 0 Å². The number of carbonyl (C=O) groups excluding carboxylic acids is 4. The number of amides is 4. The third kappa shape index (κ3) is 5.51. The highest BCUT2D eigenvalue weighted by atomic mass is 19.4. The van der Waals surface area contributed by atoms with Gasteiger partial charge < -0.3 is 5.11 Å². The van der Waals surface area contributed by atoms with E-state index >= 15 is 4.79 Å². The Morgan fingerprint density at radius 2 is 1.36 bits per heavy atom. The first kappa shape index (κ1) is 36.1. The minimum Gasteiger partial charge on any atom is -0.508 e. The molecule has 2 aliphatic carbocycles. The number of fused-ring (bicyclic) bond motifs is 4. The second kappa shape index (κ2) is 12.6. The molecule has 14 heteroatoms. The Morgan fingerprint density at radius 3 is 1.98 bits per heavy atom. The molecular weight excluding hydrogens is 728 g/mol. The van der Waals surface area contributed by atoms with E-state index in [1.165, 1.54) is 6.07 Å². The lowest BCUT2D eigenvalue weighted by atomic mass is 9.49. The number of alkyl halides is 6. The van der Waals surface area contributed by atoms with Crippen molar-refractivity contribution in [2.75, 3.05) is 10.3 Å². The predicted octanol–water partition coefficient (Wildman–Crippen LogP) is 7.93. The quantitative estimate of drug-likeness (QED) is 0.122. The van der Waals surface area contributed by atoms with Crippen LogP contribution in [0.1, 0.15) is 46.6 Å². The number of hydrogen-bond acceptors (Lipinski definition) is 6. The molecule has 4 amide bonds. The molecule has 2 saturated heterocycles. The number of carbonyl (C=O) groups is 4. The zero-order chi connectivity index (χ0) is 39.2. The topological polar surface area (TPSA) is 107 Å². The summed E-state index contributed by atoms with van der Waals surface area (Å²) in [6.07, 6.45) is -9.11. The van der Waals surface area contributed by atoms with E-state index in [0.717, 1.165) is 10.6 Å². The summed E-state index contributed by atoms with van der Waals surface area (Å²) in [5, 5.41) is 12.3. The molecular formula is C41H31F6N3O5. The van der Waals surface area contributed by atoms with Gasteiger partial charge in [-0.05, 0) is 67.6 Å². The molecule has 8 nitrogen and oxygen atoms in total. The first-order valence-corrected chi connectivity index (χ1v) is 17.5. The number of aryl methyl sites for hydroxylation is 1. The Balaban J connectivity index is 1.29. The number of allylic oxidation sites excluding steroid dienone is 2. The summed E-state index contributed by atoms with van der Waals surface area (Å²) in [5.74, 6) is -9.27. The number of anilines is 2. The molecule has 8 rings (SSSR count). The van der Waals surface area contributed by atoms with Gasteiger partial charge >= 0.3 is 12.4 Å². The van der Waals surface area contributed by atoms with Crippen molar-refractivity contribution in [2.45, 2.75) is 43.5 Å². The Kier molecular flexibility index (Phi) is 8.24. The second-order valence-corrected chi connectivity index (χ2v) is 14.4. The van der Waals surface area contributed by atoms with Crippen molar-refractivity contribution in [1.82, 2.24) is 5.01 Å². The monoisotopic (exact) mass is 759 g/mol. The van der Waals surface area contributed by atoms with Gasteiger partial charge in [0, 0.05) is 11.5 Å². The summed E-state index contributed by atoms with van der Waals surface area (Å²) in [7, 11) is 0. The van der Waals surface area contributed by atoms with E-state index in [9.17, 15) is 45.8 Å². The van der Waals surface area contributed by atoms with E-state index < -0.39 is 87.8 Å². The number of rotatable bonds is 5. The average Bonchev–Trinajstić information content (AvgIpc) is 3.53. The molecule has 1 saturated carbocycles. The lowest BCUT2D eigenvalue weighted by Gasteiger charge is -2.50. The normalized spacial score (nSPS) is 26.5. The van der Waals surface area contributed by atoms with E-state index in [-0.39, 0.29) is 30.2 Å². The van der Waals surface area contributed by atoms with Gasteiger partial charge in [-0.1, -0.05) is 77.9 Å². The van der Waals surface area contributed by atoms with E-state index in [1.807, 2.05) is 6.92 Å². The van der Waals surface area contributed by atoms with Crippen LogP contribution in [-0.2, 0) is 36.9 Å². The number of imide groups is 2. The van der Waals surface area contributed by atoms with Gasteiger partial charge in [0.15, 0.2) is 0 Å². The van der Waals surface area contributed by atoms with Crippen LogP contribution in [0, 0.1) is 30.6 Å². The van der Waals surface area contributed by atoms with Crippen molar-refractivity contribution in [2.24, 2.45) is 23.7 Å². The van der Waals surface area contributed by atoms with Crippen LogP contribution in [-0.4, -0.2) is 33.7 Å². The molecule has 4 aliphatic rings. The zero-order valence-corrected chi connectivity index (χ0v) is 28.9. The number of nitrogens with one attached hydrogen (secondary N) is 1. The van der Waals surface area contributed by atoms with E-state index in [4.69, 9.17) is 0 Å². The zero-order valence-electron chi connectivity index (χ0n) is 28.9. The Labute approximate surface area is 310 Å². The molecule has 4 aromatic rings. The number of halogens is 6. The van der Waals surface area contributed by atoms with Crippen molar-refractivity contribution in [3.8, 4) is 5.75 Å². The van der Waals surface area contributed by atoms with Crippen LogP contribution in [0.15, 0.2) is 109 Å². The Hall–Kier alpha value is -5.92. The fraction of sp³-hybridized carbons (Fsp3) is 0.268. The minimum atomic E-state index is -5.23. The summed E-state index contributed by atoms with van der Waals surface area (Å²) in [6.45, 7) is 1.87. The molecule has 3 fully saturated rings. The molecule has 4 aromatic carbocycles. The first-order valence-electron chi connectivity index (χ1n) is 17.5. The van der Waals surface area contributed by atoms with E-state index in [0.29, 0.717) is 33.9 Å². The van der Waals surface area contributed by atoms with Crippen LogP contribution in [0.5, 0.6) is 5.75 Å². The molecule has 0 bridgehead atoms. The number of aromatic hydroxyl groups is 1. The maximum atomic E-state index is 15.1. The summed E-state index contributed by atoms with van der Waals surface area (Å²) >= 11 is 0. The van der Waals surface area contributed by atoms with Gasteiger partial charge in [-0.3, -0.25) is 24.6 Å². The molecule has 6 atom stereocenters. The van der Waals surface area contributed by atoms with Gasteiger partial charge in [0.25, 0.3) is 11.8 Å². The molecule has 0 aromatic heterocycles. The van der Waals surface area contributed by atoms with E-state index in [2.05, 4.69) is 5.43 Å². The van der Waals surface area contributed by atoms with Crippen LogP contribution < -0.4 is 10.3 Å². The third-order valence-corrected chi connectivity index (χ3v) is 11.5. The highest BCUT2D eigenvalue weighted by Crippen LogP contribution is 2.65. The fourth-order valence-corrected chi connectivity index (χ4v) is 9.15. The largest absolute Gasteiger partial charge is 0.508 e. The van der Waals surface area contributed by atoms with Gasteiger partial charge in [-0.2, -0.15) is 31.4 Å². The molecule has 2 heterocycles. The van der Waals surface area contributed by atoms with Crippen LogP contribution >= 0.6 is 0 Å². The van der Waals surface area contributed by atoms with Crippen molar-refractivity contribution < 1.29 is 50.6 Å². The number of hydrazine groups is 1. The van der Waals surface area contributed by atoms with Crippen LogP contribution in [0.2, 0.25) is 0 Å². The highest BCUT2D eigenvalue weighted by Gasteiger charge is 2.70. The van der Waals surface area contributed by atoms with Gasteiger partial charge in [0.1, 0.15) is 5.75 Å². The fourth-order valence-electron chi connectivity index (χ4n) is 9.15. The van der Waals surface area contributed by atoms with Gasteiger partial charge in [-0.25, -0.2) is 4.90 Å². The van der Waals surface area contributed by atoms with Crippen molar-refractivity contribution in [1.29, 1.82) is 0 Å². The summed E-state index contributed by atoms with van der Waals surface area (Å²) in [4.78, 5) is 58.7. The number of para-hydroxylation sites is 1. The van der Waals surface area contributed by atoms with Crippen LogP contribution in [0.25, 0.3) is 0 Å². The van der Waals surface area contributed by atoms with Crippen molar-refractivity contribution in [3.63, 3.8) is 0 Å². The SMILES string of the molecule is Cc1ccc(NN2C(=O)C3CC4C(=CCC5C(=O)N(c6cc(C(F)(F)F)cc(C(F)(F)F)c6)C(=O)C54)C(c4ccccc4O)C3(c3ccccc3)C2=O)cc1. The average molecular weight is 760 g/mol. The summed E-state index contributed by atoms with van der Waals surface area (Å²) in [5.41, 5.74) is -0.494. The highest BCUT2D eigenvalue weighted by molar-refractivity contribution is 6.22. The number of nitrogens with zero attached hydrogens (tertiary/aromatic N) is 2. The number of hydrogen-bond donors (Lipinski definition) is 2. The molecule has 55 heavy (non-hydrogen) atoms. The summed E-state index contributed by atoms with van der Waals surface area (Å²) < 4.78 is 83.2. The predicted molar refractivity (Wildman–Crippen MR) is 186 cm³/mol. The third-order valence-electron chi connectivity index (χ3n) is 11.5. The Morgan fingerprint density at radius 1 is 0.745 bits per heavy atom. The van der Waals surface area contributed by atoms with Gasteiger partial charge in [0.05, 0.1) is 45.7 Å². The molecule has 2 N–H and O–H groups in total. The second-order valence-electron chi connectivity index (χ2n) is 14.4. The minimum absolute atomic E-state index is 0.0818. The molecule has 6 unspecified atom stereocenters. The van der Waals surface area contributed by atoms with Crippen molar-refractivity contribution in [3.05, 3.63) is 137 Å². The Bertz CT molecular complexity index is 2260. The molecule has 2 aliphatic heterocycles. The van der Waals surface area contributed by atoms with Gasteiger partial charge in [0.2, 0.25) is 11.8 Å². The first-order chi connectivity index (χ1) is 26.0. The number of phenols is 1. The standard InChI is InChI=1S/C41H31F6N3O5/c1-21-11-13-25(14-12-21)48-50-36(53)31-20-30-27(34(28-9-5-6-10-32(28)51)39(31,38(50)55)22-7-3-2-4-8-22)15-16-29-33(30)37(54)49(35(29)52)26-18-23(40(42,43)44)17-24(19-26)41(45,46)47/h2-15,17-19,29-31,33-34,48,51H,16,20H2,1H3. The smallest absolute Gasteiger partial charge is 0.416 e. The van der Waals surface area contributed by atoms with Crippen molar-refractivity contribution >= 4 is 35.0 Å². The van der Waals surface area contributed by atoms with Crippen LogP contribution in [0.3, 0.4) is 0 Å². The molecule has 0 radical (unpaired) electrons. The maximum absolute atomic E-state index is 15.1. The summed E-state index contributed by atoms with van der Waals surface area (Å²) in [6, 6.07) is 22.3. The van der Waals surface area contributed by atoms with E-state index in [1.54, 1.807) is 78.9 Å². The lowest BCUT2D eigenvalue weighted by molar-refractivity contribution is -0.143. The number of benzene rings is 4. The lowest BCUT2D eigenvalue weighted by Crippen LogP contribution is -2.53. The number of phenolic OH excluding ortho intramolecular Hbond substituents is 1.